The van der Waals surface area contributed by atoms with Crippen LogP contribution in [0.4, 0.5) is 4.39 Å². The maximum Gasteiger partial charge on any atom is 0.330 e. The topological polar surface area (TPSA) is 77.8 Å². The zero-order valence-corrected chi connectivity index (χ0v) is 18.4. The monoisotopic (exact) mass is 419 g/mol. The highest BCUT2D eigenvalue weighted by atomic mass is 19.1. The zero-order valence-electron chi connectivity index (χ0n) is 18.4. The van der Waals surface area contributed by atoms with Gasteiger partial charge in [-0.1, -0.05) is 65.2 Å². The van der Waals surface area contributed by atoms with E-state index in [4.69, 9.17) is 0 Å². The number of carboxylic acid groups (broad SMARTS) is 1. The Kier molecular flexibility index (Phi) is 6.28. The van der Waals surface area contributed by atoms with Crippen molar-refractivity contribution in [2.75, 3.05) is 0 Å². The largest absolute Gasteiger partial charge is 0.479 e. The average molecular weight is 420 g/mol. The maximum absolute atomic E-state index is 14.9. The van der Waals surface area contributed by atoms with Gasteiger partial charge in [0.05, 0.1) is 12.1 Å². The second-order valence-electron chi connectivity index (χ2n) is 9.93. The number of benzene rings is 1. The van der Waals surface area contributed by atoms with Crippen LogP contribution in [0.5, 0.6) is 0 Å². The molecule has 0 spiro atoms. The molecule has 1 saturated carbocycles. The van der Waals surface area contributed by atoms with E-state index in [1.165, 1.54) is 11.0 Å². The molecule has 4 atom stereocenters. The van der Waals surface area contributed by atoms with Crippen molar-refractivity contribution in [3.05, 3.63) is 35.6 Å². The molecule has 0 unspecified atom stereocenters. The number of carboxylic acids is 1. The van der Waals surface area contributed by atoms with Crippen LogP contribution in [0.15, 0.2) is 24.3 Å². The molecule has 2 fully saturated rings. The number of aliphatic hydroxyl groups excluding tert-OH is 1. The maximum atomic E-state index is 14.9. The molecular formula is C24H34FNO4. The van der Waals surface area contributed by atoms with Gasteiger partial charge in [0.1, 0.15) is 11.4 Å². The highest BCUT2D eigenvalue weighted by Crippen LogP contribution is 2.56. The van der Waals surface area contributed by atoms with Gasteiger partial charge in [0.15, 0.2) is 0 Å². The van der Waals surface area contributed by atoms with Gasteiger partial charge < -0.3 is 15.1 Å². The SMILES string of the molecule is CC[C@@]1(C(=O)O)[C@@H](C(C)(C)C)[C@H](O)[C@H](c2ccccc2F)N1C(=O)C1CCCCC1. The molecule has 1 heterocycles. The highest BCUT2D eigenvalue weighted by Gasteiger charge is 2.67. The smallest absolute Gasteiger partial charge is 0.330 e. The third-order valence-corrected chi connectivity index (χ3v) is 7.15. The van der Waals surface area contributed by atoms with Crippen molar-refractivity contribution < 1.29 is 24.2 Å². The molecule has 1 aliphatic heterocycles. The standard InChI is InChI=1S/C24H34FNO4/c1-5-24(22(29)30)20(23(2,3)4)19(27)18(16-13-9-10-14-17(16)25)26(24)21(28)15-11-7-6-8-12-15/h9-10,13-15,18-20,27H,5-8,11-12H2,1-4H3,(H,29,30)/t18-,19+,20+,24-/m0/s1. The van der Waals surface area contributed by atoms with E-state index in [1.54, 1.807) is 25.1 Å². The average Bonchev–Trinajstić information content (AvgIpc) is 2.98. The van der Waals surface area contributed by atoms with E-state index < -0.39 is 40.8 Å². The van der Waals surface area contributed by atoms with Crippen molar-refractivity contribution in [2.45, 2.75) is 83.9 Å². The number of carbonyl (C=O) groups excluding carboxylic acids is 1. The molecular weight excluding hydrogens is 385 g/mol. The highest BCUT2D eigenvalue weighted by molar-refractivity contribution is 5.90. The van der Waals surface area contributed by atoms with Gasteiger partial charge in [-0.25, -0.2) is 9.18 Å². The number of hydrogen-bond donors (Lipinski definition) is 2. The molecule has 30 heavy (non-hydrogen) atoms. The Morgan fingerprint density at radius 2 is 1.77 bits per heavy atom. The van der Waals surface area contributed by atoms with Gasteiger partial charge in [-0.15, -0.1) is 0 Å². The van der Waals surface area contributed by atoms with Crippen LogP contribution in [0.3, 0.4) is 0 Å². The minimum atomic E-state index is -1.60. The van der Waals surface area contributed by atoms with E-state index in [9.17, 15) is 24.2 Å². The van der Waals surface area contributed by atoms with Crippen molar-refractivity contribution in [3.63, 3.8) is 0 Å². The molecule has 1 amide bonds. The first-order valence-corrected chi connectivity index (χ1v) is 11.1. The van der Waals surface area contributed by atoms with E-state index in [0.717, 1.165) is 19.3 Å². The van der Waals surface area contributed by atoms with Crippen LogP contribution < -0.4 is 0 Å². The lowest BCUT2D eigenvalue weighted by Gasteiger charge is -2.45. The second-order valence-corrected chi connectivity index (χ2v) is 9.93. The van der Waals surface area contributed by atoms with Gasteiger partial charge in [0.2, 0.25) is 5.91 Å². The fraction of sp³-hybridized carbons (Fsp3) is 0.667. The number of aliphatic carboxylic acids is 1. The summed E-state index contributed by atoms with van der Waals surface area (Å²) in [6.45, 7) is 7.37. The molecule has 5 nitrogen and oxygen atoms in total. The Bertz CT molecular complexity index is 799. The van der Waals surface area contributed by atoms with Crippen LogP contribution in [0.25, 0.3) is 0 Å². The van der Waals surface area contributed by atoms with Crippen molar-refractivity contribution in [2.24, 2.45) is 17.3 Å². The number of amides is 1. The van der Waals surface area contributed by atoms with Crippen molar-refractivity contribution >= 4 is 11.9 Å². The van der Waals surface area contributed by atoms with Gasteiger partial charge in [-0.2, -0.15) is 0 Å². The molecule has 3 rings (SSSR count). The van der Waals surface area contributed by atoms with Crippen molar-refractivity contribution in [3.8, 4) is 0 Å². The van der Waals surface area contributed by atoms with Gasteiger partial charge in [0.25, 0.3) is 0 Å². The molecule has 0 radical (unpaired) electrons. The number of nitrogens with zero attached hydrogens (tertiary/aromatic N) is 1. The van der Waals surface area contributed by atoms with Gasteiger partial charge in [-0.3, -0.25) is 4.79 Å². The lowest BCUT2D eigenvalue weighted by Crippen LogP contribution is -2.60. The Morgan fingerprint density at radius 3 is 2.27 bits per heavy atom. The number of aliphatic hydroxyl groups is 1. The van der Waals surface area contributed by atoms with Crippen LogP contribution in [-0.2, 0) is 9.59 Å². The molecule has 1 aliphatic carbocycles. The zero-order chi connectivity index (χ0) is 22.3. The molecule has 1 aromatic carbocycles. The second kappa shape index (κ2) is 8.29. The molecule has 1 aromatic rings. The Hall–Kier alpha value is -1.95. The molecule has 6 heteroatoms. The summed E-state index contributed by atoms with van der Waals surface area (Å²) in [6.07, 6.45) is 3.27. The first-order chi connectivity index (χ1) is 14.1. The summed E-state index contributed by atoms with van der Waals surface area (Å²) in [5, 5.41) is 21.9. The first-order valence-electron chi connectivity index (χ1n) is 11.1. The minimum absolute atomic E-state index is 0.144. The quantitative estimate of drug-likeness (QED) is 0.751. The molecule has 2 aliphatic rings. The summed E-state index contributed by atoms with van der Waals surface area (Å²) in [4.78, 5) is 28.0. The fourth-order valence-corrected chi connectivity index (χ4v) is 5.94. The molecule has 0 bridgehead atoms. The Balaban J connectivity index is 2.24. The summed E-state index contributed by atoms with van der Waals surface area (Å²) < 4.78 is 14.9. The minimum Gasteiger partial charge on any atom is -0.479 e. The van der Waals surface area contributed by atoms with Gasteiger partial charge >= 0.3 is 5.97 Å². The summed E-state index contributed by atoms with van der Waals surface area (Å²) >= 11 is 0. The third kappa shape index (κ3) is 3.53. The Morgan fingerprint density at radius 1 is 1.17 bits per heavy atom. The number of carbonyl (C=O) groups is 2. The number of rotatable bonds is 4. The number of halogens is 1. The summed E-state index contributed by atoms with van der Waals surface area (Å²) in [5.41, 5.74) is -2.03. The molecule has 1 saturated heterocycles. The van der Waals surface area contributed by atoms with E-state index in [-0.39, 0.29) is 23.8 Å². The molecule has 2 N–H and O–H groups in total. The summed E-state index contributed by atoms with van der Waals surface area (Å²) in [6, 6.07) is 5.04. The van der Waals surface area contributed by atoms with Crippen LogP contribution >= 0.6 is 0 Å². The predicted molar refractivity (Wildman–Crippen MR) is 112 cm³/mol. The molecule has 166 valence electrons. The van der Waals surface area contributed by atoms with E-state index >= 15 is 0 Å². The Labute approximate surface area is 178 Å². The van der Waals surface area contributed by atoms with Crippen molar-refractivity contribution in [1.82, 2.24) is 4.90 Å². The van der Waals surface area contributed by atoms with Crippen LogP contribution in [0, 0.1) is 23.1 Å². The summed E-state index contributed by atoms with van der Waals surface area (Å²) in [7, 11) is 0. The van der Waals surface area contributed by atoms with E-state index in [0.29, 0.717) is 12.8 Å². The van der Waals surface area contributed by atoms with E-state index in [1.807, 2.05) is 20.8 Å². The van der Waals surface area contributed by atoms with Gasteiger partial charge in [0, 0.05) is 17.4 Å². The number of likely N-dealkylation sites (tertiary alicyclic amines) is 1. The predicted octanol–water partition coefficient (Wildman–Crippen LogP) is 4.55. The van der Waals surface area contributed by atoms with Crippen LogP contribution in [0.1, 0.15) is 77.8 Å². The first kappa shape index (κ1) is 22.7. The van der Waals surface area contributed by atoms with Crippen LogP contribution in [-0.4, -0.2) is 38.6 Å². The fourth-order valence-electron chi connectivity index (χ4n) is 5.94. The summed E-state index contributed by atoms with van der Waals surface area (Å²) in [5.74, 6) is -2.97. The lowest BCUT2D eigenvalue weighted by atomic mass is 9.66. The van der Waals surface area contributed by atoms with Gasteiger partial charge in [-0.05, 0) is 30.7 Å². The van der Waals surface area contributed by atoms with E-state index in [2.05, 4.69) is 0 Å². The number of hydrogen-bond acceptors (Lipinski definition) is 3. The lowest BCUT2D eigenvalue weighted by molar-refractivity contribution is -0.166. The normalized spacial score (nSPS) is 30.5. The molecule has 0 aromatic heterocycles. The van der Waals surface area contributed by atoms with Crippen molar-refractivity contribution in [1.29, 1.82) is 0 Å². The van der Waals surface area contributed by atoms with Crippen LogP contribution in [0.2, 0.25) is 0 Å². The third-order valence-electron chi connectivity index (χ3n) is 7.15.